The van der Waals surface area contributed by atoms with Gasteiger partial charge in [-0.2, -0.15) is 0 Å². The molecule has 2 bridgehead atoms. The lowest BCUT2D eigenvalue weighted by atomic mass is 9.57. The minimum Gasteiger partial charge on any atom is -0.460 e. The molecule has 34 heavy (non-hydrogen) atoms. The molecule has 9 unspecified atom stereocenters. The maximum atomic E-state index is 12.2. The van der Waals surface area contributed by atoms with E-state index in [-0.39, 0.29) is 30.1 Å². The molecule has 3 fully saturated rings. The molecule has 8 nitrogen and oxygen atoms in total. The van der Waals surface area contributed by atoms with Crippen molar-refractivity contribution < 1.29 is 38.4 Å². The topological polar surface area (TPSA) is 108 Å². The van der Waals surface area contributed by atoms with Gasteiger partial charge in [-0.3, -0.25) is 14.4 Å². The summed E-state index contributed by atoms with van der Waals surface area (Å²) in [6.45, 7) is 14.0. The summed E-state index contributed by atoms with van der Waals surface area (Å²) in [5, 5.41) is 11.5. The Labute approximate surface area is 203 Å². The average molecular weight is 483 g/mol. The zero-order valence-electron chi connectivity index (χ0n) is 21.9. The van der Waals surface area contributed by atoms with Crippen molar-refractivity contribution >= 4 is 17.9 Å². The van der Waals surface area contributed by atoms with E-state index in [0.717, 1.165) is 6.42 Å². The van der Waals surface area contributed by atoms with Crippen LogP contribution in [0.1, 0.15) is 87.5 Å². The molecule has 2 heterocycles. The predicted octanol–water partition coefficient (Wildman–Crippen LogP) is 3.56. The molecule has 3 aliphatic rings. The fraction of sp³-hybridized carbons (Fsp3) is 0.885. The second-order valence-corrected chi connectivity index (χ2v) is 11.7. The molecule has 3 rings (SSSR count). The number of carbonyl (C=O) groups is 3. The highest BCUT2D eigenvalue weighted by atomic mass is 16.6. The van der Waals surface area contributed by atoms with Crippen LogP contribution in [0.2, 0.25) is 0 Å². The Morgan fingerprint density at radius 2 is 1.47 bits per heavy atom. The molecular formula is C26H42O8. The standard InChI is InChI=1S/C26H42O8/c1-14(2)18-9-11-25(7,33-16(4)28)22-19-13-24(6,30)20(31-15(3)27)10-12-26(8,34-17(5)29)23(32-19)21(18)22/h14,18-23,30H,9-13H2,1-8H3. The quantitative estimate of drug-likeness (QED) is 0.479. The molecule has 2 aliphatic heterocycles. The monoisotopic (exact) mass is 482 g/mol. The molecule has 1 aliphatic carbocycles. The van der Waals surface area contributed by atoms with E-state index in [9.17, 15) is 19.5 Å². The molecule has 0 amide bonds. The van der Waals surface area contributed by atoms with Crippen molar-refractivity contribution in [3.8, 4) is 0 Å². The summed E-state index contributed by atoms with van der Waals surface area (Å²) in [6, 6.07) is 0. The summed E-state index contributed by atoms with van der Waals surface area (Å²) in [5.74, 6) is -0.879. The fourth-order valence-corrected chi connectivity index (χ4v) is 7.09. The van der Waals surface area contributed by atoms with E-state index in [0.29, 0.717) is 25.2 Å². The van der Waals surface area contributed by atoms with Crippen LogP contribution in [0, 0.1) is 23.7 Å². The summed E-state index contributed by atoms with van der Waals surface area (Å²) in [6.07, 6.45) is 0.736. The van der Waals surface area contributed by atoms with E-state index in [1.807, 2.05) is 13.8 Å². The van der Waals surface area contributed by atoms with E-state index < -0.39 is 47.1 Å². The van der Waals surface area contributed by atoms with Gasteiger partial charge in [-0.1, -0.05) is 13.8 Å². The summed E-state index contributed by atoms with van der Waals surface area (Å²) in [5.41, 5.74) is -3.16. The van der Waals surface area contributed by atoms with Gasteiger partial charge in [0.1, 0.15) is 29.0 Å². The number of ether oxygens (including phenoxy) is 4. The maximum absolute atomic E-state index is 12.2. The molecule has 1 saturated carbocycles. The van der Waals surface area contributed by atoms with E-state index in [4.69, 9.17) is 18.9 Å². The Morgan fingerprint density at radius 3 is 2.00 bits per heavy atom. The highest BCUT2D eigenvalue weighted by Gasteiger charge is 2.65. The summed E-state index contributed by atoms with van der Waals surface area (Å²) in [4.78, 5) is 36.2. The number of fused-ring (bicyclic) bond motifs is 5. The van der Waals surface area contributed by atoms with Crippen molar-refractivity contribution in [2.24, 2.45) is 23.7 Å². The molecule has 8 heteroatoms. The van der Waals surface area contributed by atoms with Crippen LogP contribution in [0.4, 0.5) is 0 Å². The lowest BCUT2D eigenvalue weighted by Crippen LogP contribution is -2.58. The Kier molecular flexibility index (Phi) is 7.46. The molecular weight excluding hydrogens is 440 g/mol. The second kappa shape index (κ2) is 9.41. The molecule has 194 valence electrons. The van der Waals surface area contributed by atoms with Gasteiger partial charge in [0, 0.05) is 39.0 Å². The van der Waals surface area contributed by atoms with Gasteiger partial charge < -0.3 is 24.1 Å². The van der Waals surface area contributed by atoms with Crippen LogP contribution in [-0.2, 0) is 33.3 Å². The van der Waals surface area contributed by atoms with Crippen molar-refractivity contribution in [1.29, 1.82) is 0 Å². The minimum atomic E-state index is -1.38. The Bertz CT molecular complexity index is 807. The van der Waals surface area contributed by atoms with Crippen LogP contribution in [-0.4, -0.2) is 58.1 Å². The van der Waals surface area contributed by atoms with Gasteiger partial charge in [-0.15, -0.1) is 0 Å². The average Bonchev–Trinajstić information content (AvgIpc) is 3.04. The largest absolute Gasteiger partial charge is 0.460 e. The first-order valence-corrected chi connectivity index (χ1v) is 12.5. The number of hydrogen-bond acceptors (Lipinski definition) is 8. The summed E-state index contributed by atoms with van der Waals surface area (Å²) >= 11 is 0. The number of rotatable bonds is 4. The SMILES string of the molecule is CC(=O)OC1CCC(C)(OC(C)=O)C2OC(CC1(C)O)C1C2C(C(C)C)CCC1(C)OC(C)=O. The van der Waals surface area contributed by atoms with E-state index in [1.54, 1.807) is 6.92 Å². The van der Waals surface area contributed by atoms with E-state index in [2.05, 4.69) is 13.8 Å². The van der Waals surface area contributed by atoms with Crippen molar-refractivity contribution in [2.45, 2.75) is 123 Å². The van der Waals surface area contributed by atoms with Crippen LogP contribution in [0.15, 0.2) is 0 Å². The third kappa shape index (κ3) is 5.13. The molecule has 0 aromatic rings. The van der Waals surface area contributed by atoms with Gasteiger partial charge in [0.2, 0.25) is 0 Å². The predicted molar refractivity (Wildman–Crippen MR) is 124 cm³/mol. The van der Waals surface area contributed by atoms with Crippen LogP contribution >= 0.6 is 0 Å². The number of carbonyl (C=O) groups excluding carboxylic acids is 3. The van der Waals surface area contributed by atoms with Gasteiger partial charge in [0.05, 0.1) is 6.10 Å². The third-order valence-corrected chi connectivity index (χ3v) is 8.39. The first kappa shape index (κ1) is 26.9. The summed E-state index contributed by atoms with van der Waals surface area (Å²) < 4.78 is 24.2. The zero-order chi connectivity index (χ0) is 25.6. The smallest absolute Gasteiger partial charge is 0.303 e. The highest BCUT2D eigenvalue weighted by Crippen LogP contribution is 2.58. The fourth-order valence-electron chi connectivity index (χ4n) is 7.09. The van der Waals surface area contributed by atoms with Crippen LogP contribution in [0.3, 0.4) is 0 Å². The van der Waals surface area contributed by atoms with Crippen molar-refractivity contribution in [1.82, 2.24) is 0 Å². The van der Waals surface area contributed by atoms with Crippen molar-refractivity contribution in [2.75, 3.05) is 0 Å². The van der Waals surface area contributed by atoms with E-state index in [1.165, 1.54) is 20.8 Å². The maximum Gasteiger partial charge on any atom is 0.303 e. The van der Waals surface area contributed by atoms with Crippen molar-refractivity contribution in [3.63, 3.8) is 0 Å². The minimum absolute atomic E-state index is 0.0338. The van der Waals surface area contributed by atoms with E-state index >= 15 is 0 Å². The molecule has 0 aromatic carbocycles. The summed E-state index contributed by atoms with van der Waals surface area (Å²) in [7, 11) is 0. The number of aliphatic hydroxyl groups is 1. The van der Waals surface area contributed by atoms with Gasteiger partial charge >= 0.3 is 17.9 Å². The van der Waals surface area contributed by atoms with Crippen LogP contribution in [0.25, 0.3) is 0 Å². The second-order valence-electron chi connectivity index (χ2n) is 11.7. The molecule has 0 spiro atoms. The molecule has 1 N–H and O–H groups in total. The highest BCUT2D eigenvalue weighted by molar-refractivity contribution is 5.67. The Hall–Kier alpha value is -1.67. The zero-order valence-corrected chi connectivity index (χ0v) is 21.9. The lowest BCUT2D eigenvalue weighted by molar-refractivity contribution is -0.185. The van der Waals surface area contributed by atoms with Gasteiger partial charge in [-0.05, 0) is 58.3 Å². The van der Waals surface area contributed by atoms with Crippen molar-refractivity contribution in [3.05, 3.63) is 0 Å². The molecule has 9 atom stereocenters. The third-order valence-electron chi connectivity index (χ3n) is 8.39. The first-order valence-electron chi connectivity index (χ1n) is 12.5. The van der Waals surface area contributed by atoms with Gasteiger partial charge in [0.25, 0.3) is 0 Å². The number of hydrogen-bond donors (Lipinski definition) is 1. The first-order chi connectivity index (χ1) is 15.6. The lowest BCUT2D eigenvalue weighted by Gasteiger charge is -2.51. The normalized spacial score (nSPS) is 44.3. The van der Waals surface area contributed by atoms with Gasteiger partial charge in [-0.25, -0.2) is 0 Å². The molecule has 0 radical (unpaired) electrons. The Morgan fingerprint density at radius 1 is 0.912 bits per heavy atom. The number of esters is 3. The molecule has 0 aromatic heterocycles. The Balaban J connectivity index is 2.16. The van der Waals surface area contributed by atoms with Crippen LogP contribution in [0.5, 0.6) is 0 Å². The molecule has 2 saturated heterocycles. The van der Waals surface area contributed by atoms with Crippen LogP contribution < -0.4 is 0 Å². The van der Waals surface area contributed by atoms with Gasteiger partial charge in [0.15, 0.2) is 0 Å².